The van der Waals surface area contributed by atoms with Crippen molar-refractivity contribution >= 4 is 29.5 Å². The van der Waals surface area contributed by atoms with E-state index in [4.69, 9.17) is 9.47 Å². The number of unbranched alkanes of at least 4 members (excludes halogenated alkanes) is 2. The van der Waals surface area contributed by atoms with E-state index in [1.54, 1.807) is 12.1 Å². The molecular formula is C34H40N2O7S. The van der Waals surface area contributed by atoms with Gasteiger partial charge in [0.25, 0.3) is 0 Å². The second kappa shape index (κ2) is 17.0. The highest BCUT2D eigenvalue weighted by Gasteiger charge is 2.32. The van der Waals surface area contributed by atoms with Gasteiger partial charge in [-0.1, -0.05) is 67.1 Å². The molecule has 3 aromatic carbocycles. The van der Waals surface area contributed by atoms with Gasteiger partial charge in [-0.3, -0.25) is 9.59 Å². The van der Waals surface area contributed by atoms with E-state index in [1.807, 2.05) is 60.7 Å². The Morgan fingerprint density at radius 1 is 0.864 bits per heavy atom. The number of nitrogens with one attached hydrogen (secondary N) is 2. The van der Waals surface area contributed by atoms with Crippen LogP contribution in [0.1, 0.15) is 84.0 Å². The van der Waals surface area contributed by atoms with Crippen LogP contribution in [-0.4, -0.2) is 46.4 Å². The minimum Gasteiger partial charge on any atom is -0.478 e. The number of carboxylic acid groups (broad SMARTS) is 1. The number of benzene rings is 3. The normalized spacial score (nSPS) is 18.0. The number of hydrogen-bond acceptors (Lipinski definition) is 7. The molecule has 9 nitrogen and oxygen atoms in total. The van der Waals surface area contributed by atoms with Crippen molar-refractivity contribution in [3.05, 3.63) is 101 Å². The highest BCUT2D eigenvalue weighted by Crippen LogP contribution is 2.39. The van der Waals surface area contributed by atoms with Gasteiger partial charge in [0.2, 0.25) is 11.8 Å². The number of aliphatic hydroxyl groups excluding tert-OH is 1. The Hall–Kier alpha value is -3.70. The van der Waals surface area contributed by atoms with Crippen molar-refractivity contribution in [2.24, 2.45) is 0 Å². The standard InChI is InChI=1S/C34H40N2O7S/c1-23(38)35-18-6-2-3-9-32(39)36-20-24-10-16-27(17-11-24)34-42-28(22-44-31-8-5-4-7-29(31)33(40)41)19-30(43-34)26-14-12-25(21-37)13-15-26/h4-5,7-8,10-17,28,30,34,37H,2-3,6,9,18-22H2,1H3,(H,35,38)(H,36,39)(H,40,41). The van der Waals surface area contributed by atoms with Gasteiger partial charge in [0.15, 0.2) is 6.29 Å². The molecule has 3 unspecified atom stereocenters. The summed E-state index contributed by atoms with van der Waals surface area (Å²) >= 11 is 1.45. The molecule has 4 rings (SSSR count). The number of carbonyl (C=O) groups excluding carboxylic acids is 2. The van der Waals surface area contributed by atoms with E-state index in [9.17, 15) is 24.6 Å². The summed E-state index contributed by atoms with van der Waals surface area (Å²) in [7, 11) is 0. The fourth-order valence-electron chi connectivity index (χ4n) is 4.91. The van der Waals surface area contributed by atoms with Crippen LogP contribution in [0.15, 0.2) is 77.7 Å². The van der Waals surface area contributed by atoms with Crippen molar-refractivity contribution in [1.82, 2.24) is 10.6 Å². The number of rotatable bonds is 15. The summed E-state index contributed by atoms with van der Waals surface area (Å²) in [6.07, 6.45) is 2.44. The minimum atomic E-state index is -0.962. The van der Waals surface area contributed by atoms with Gasteiger partial charge in [-0.15, -0.1) is 11.8 Å². The van der Waals surface area contributed by atoms with E-state index in [-0.39, 0.29) is 36.2 Å². The lowest BCUT2D eigenvalue weighted by molar-refractivity contribution is -0.245. The SMILES string of the molecule is CC(=O)NCCCCCC(=O)NCc1ccc(C2OC(CSc3ccccc3C(=O)O)CC(c3ccc(CO)cc3)O2)cc1. The zero-order valence-electron chi connectivity index (χ0n) is 24.9. The number of thioether (sulfide) groups is 1. The van der Waals surface area contributed by atoms with Crippen LogP contribution in [0.5, 0.6) is 0 Å². The summed E-state index contributed by atoms with van der Waals surface area (Å²) in [6.45, 7) is 2.51. The number of aliphatic hydroxyl groups is 1. The molecule has 4 N–H and O–H groups in total. The topological polar surface area (TPSA) is 134 Å². The third-order valence-electron chi connectivity index (χ3n) is 7.35. The molecule has 0 spiro atoms. The van der Waals surface area contributed by atoms with E-state index in [0.717, 1.165) is 41.5 Å². The lowest BCUT2D eigenvalue weighted by atomic mass is 10.0. The molecule has 1 saturated heterocycles. The van der Waals surface area contributed by atoms with Crippen molar-refractivity contribution in [1.29, 1.82) is 0 Å². The summed E-state index contributed by atoms with van der Waals surface area (Å²) in [6, 6.07) is 22.4. The quantitative estimate of drug-likeness (QED) is 0.129. The Labute approximate surface area is 262 Å². The summed E-state index contributed by atoms with van der Waals surface area (Å²) in [5, 5.41) is 24.8. The molecule has 10 heteroatoms. The lowest BCUT2D eigenvalue weighted by Gasteiger charge is -2.36. The zero-order valence-corrected chi connectivity index (χ0v) is 25.7. The van der Waals surface area contributed by atoms with Crippen molar-refractivity contribution in [2.45, 2.75) is 75.6 Å². The molecule has 1 heterocycles. The number of aromatic carboxylic acids is 1. The fraction of sp³-hybridized carbons (Fsp3) is 0.382. The molecule has 234 valence electrons. The molecule has 2 amide bonds. The molecule has 1 aliphatic heterocycles. The molecule has 0 bridgehead atoms. The van der Waals surface area contributed by atoms with Crippen LogP contribution in [0.4, 0.5) is 0 Å². The molecule has 3 aromatic rings. The number of ether oxygens (including phenoxy) is 2. The summed E-state index contributed by atoms with van der Waals surface area (Å²) < 4.78 is 12.8. The van der Waals surface area contributed by atoms with E-state index < -0.39 is 12.3 Å². The second-order valence-electron chi connectivity index (χ2n) is 10.8. The van der Waals surface area contributed by atoms with Crippen LogP contribution >= 0.6 is 11.8 Å². The predicted molar refractivity (Wildman–Crippen MR) is 168 cm³/mol. The van der Waals surface area contributed by atoms with Crippen LogP contribution < -0.4 is 10.6 Å². The largest absolute Gasteiger partial charge is 0.478 e. The predicted octanol–water partition coefficient (Wildman–Crippen LogP) is 5.53. The van der Waals surface area contributed by atoms with Crippen LogP contribution in [0.3, 0.4) is 0 Å². The smallest absolute Gasteiger partial charge is 0.336 e. The first-order chi connectivity index (χ1) is 21.3. The van der Waals surface area contributed by atoms with Gasteiger partial charge < -0.3 is 30.3 Å². The first kappa shape index (κ1) is 33.2. The van der Waals surface area contributed by atoms with Gasteiger partial charge in [0.05, 0.1) is 24.4 Å². The fourth-order valence-corrected chi connectivity index (χ4v) is 5.97. The van der Waals surface area contributed by atoms with Crippen molar-refractivity contribution in [3.63, 3.8) is 0 Å². The van der Waals surface area contributed by atoms with Gasteiger partial charge >= 0.3 is 5.97 Å². The molecule has 1 aliphatic rings. The molecule has 1 fully saturated rings. The summed E-state index contributed by atoms with van der Waals surface area (Å²) in [5.74, 6) is -0.461. The average Bonchev–Trinajstić information content (AvgIpc) is 3.04. The van der Waals surface area contributed by atoms with E-state index in [2.05, 4.69) is 10.6 Å². The minimum absolute atomic E-state index is 0.00702. The Bertz CT molecular complexity index is 1380. The second-order valence-corrected chi connectivity index (χ2v) is 11.8. The summed E-state index contributed by atoms with van der Waals surface area (Å²) in [5.41, 5.74) is 3.86. The van der Waals surface area contributed by atoms with E-state index >= 15 is 0 Å². The Morgan fingerprint density at radius 2 is 1.57 bits per heavy atom. The third-order valence-corrected chi connectivity index (χ3v) is 8.56. The first-order valence-corrected chi connectivity index (χ1v) is 15.9. The number of carbonyl (C=O) groups is 3. The molecule has 44 heavy (non-hydrogen) atoms. The maximum absolute atomic E-state index is 12.3. The highest BCUT2D eigenvalue weighted by molar-refractivity contribution is 7.99. The van der Waals surface area contributed by atoms with Gasteiger partial charge in [0.1, 0.15) is 0 Å². The van der Waals surface area contributed by atoms with Gasteiger partial charge in [-0.2, -0.15) is 0 Å². The lowest BCUT2D eigenvalue weighted by Crippen LogP contribution is -2.31. The first-order valence-electron chi connectivity index (χ1n) is 14.9. The van der Waals surface area contributed by atoms with Crippen molar-refractivity contribution in [3.8, 4) is 0 Å². The van der Waals surface area contributed by atoms with Crippen LogP contribution in [0, 0.1) is 0 Å². The van der Waals surface area contributed by atoms with Crippen molar-refractivity contribution < 1.29 is 34.1 Å². The van der Waals surface area contributed by atoms with Crippen LogP contribution in [-0.2, 0) is 32.2 Å². The molecular weight excluding hydrogens is 580 g/mol. The van der Waals surface area contributed by atoms with Crippen molar-refractivity contribution in [2.75, 3.05) is 12.3 Å². The maximum atomic E-state index is 12.3. The molecule has 0 aromatic heterocycles. The Balaban J connectivity index is 1.36. The van der Waals surface area contributed by atoms with Gasteiger partial charge in [0, 0.05) is 49.1 Å². The maximum Gasteiger partial charge on any atom is 0.336 e. The molecule has 0 saturated carbocycles. The Kier molecular flexibility index (Phi) is 12.8. The number of carboxylic acids is 1. The van der Waals surface area contributed by atoms with E-state index in [1.165, 1.54) is 18.7 Å². The molecule has 0 radical (unpaired) electrons. The number of hydrogen-bond donors (Lipinski definition) is 4. The van der Waals surface area contributed by atoms with Gasteiger partial charge in [-0.25, -0.2) is 4.79 Å². The number of amides is 2. The average molecular weight is 621 g/mol. The third kappa shape index (κ3) is 10.2. The molecule has 3 atom stereocenters. The van der Waals surface area contributed by atoms with Gasteiger partial charge in [-0.05, 0) is 41.7 Å². The van der Waals surface area contributed by atoms with E-state index in [0.29, 0.717) is 36.6 Å². The summed E-state index contributed by atoms with van der Waals surface area (Å²) in [4.78, 5) is 35.6. The van der Waals surface area contributed by atoms with Crippen LogP contribution in [0.2, 0.25) is 0 Å². The molecule has 0 aliphatic carbocycles. The monoisotopic (exact) mass is 620 g/mol. The Morgan fingerprint density at radius 3 is 2.27 bits per heavy atom. The highest BCUT2D eigenvalue weighted by atomic mass is 32.2. The zero-order chi connectivity index (χ0) is 31.3. The van der Waals surface area contributed by atoms with Crippen LogP contribution in [0.25, 0.3) is 0 Å².